The molecule has 3 rings (SSSR count). The van der Waals surface area contributed by atoms with Gasteiger partial charge in [-0.25, -0.2) is 8.42 Å². The molecule has 134 valence electrons. The molecule has 0 bridgehead atoms. The zero-order chi connectivity index (χ0) is 17.9. The standard InChI is InChI=1S/C17H18BrNO4S2/c18-13-6-8-15(9-7-13)25(21,22)19-10-2-1-5-16(19)17(20)23-12-14-4-3-11-24-14/h3-4,6-9,11,16H,1-2,5,10,12H2/t16-/m1/s1. The van der Waals surface area contributed by atoms with Gasteiger partial charge in [0.1, 0.15) is 12.6 Å². The summed E-state index contributed by atoms with van der Waals surface area (Å²) in [6.07, 6.45) is 2.04. The van der Waals surface area contributed by atoms with Gasteiger partial charge >= 0.3 is 5.97 Å². The van der Waals surface area contributed by atoms with E-state index >= 15 is 0 Å². The number of halogens is 1. The third kappa shape index (κ3) is 4.31. The van der Waals surface area contributed by atoms with Crippen molar-refractivity contribution in [3.63, 3.8) is 0 Å². The fraction of sp³-hybridized carbons (Fsp3) is 0.353. The lowest BCUT2D eigenvalue weighted by Crippen LogP contribution is -2.48. The number of hydrogen-bond acceptors (Lipinski definition) is 5. The quantitative estimate of drug-likeness (QED) is 0.659. The van der Waals surface area contributed by atoms with E-state index in [0.717, 1.165) is 22.2 Å². The summed E-state index contributed by atoms with van der Waals surface area (Å²) in [5.41, 5.74) is 0. The van der Waals surface area contributed by atoms with E-state index in [-0.39, 0.29) is 11.5 Å². The molecule has 0 N–H and O–H groups in total. The second-order valence-electron chi connectivity index (χ2n) is 5.77. The number of carbonyl (C=O) groups is 1. The van der Waals surface area contributed by atoms with E-state index in [9.17, 15) is 13.2 Å². The largest absolute Gasteiger partial charge is 0.459 e. The van der Waals surface area contributed by atoms with Crippen LogP contribution in [0.4, 0.5) is 0 Å². The molecule has 0 unspecified atom stereocenters. The zero-order valence-corrected chi connectivity index (χ0v) is 16.6. The van der Waals surface area contributed by atoms with Crippen molar-refractivity contribution in [2.24, 2.45) is 0 Å². The number of esters is 1. The topological polar surface area (TPSA) is 63.7 Å². The molecular formula is C17H18BrNO4S2. The van der Waals surface area contributed by atoms with Crippen LogP contribution in [0.2, 0.25) is 0 Å². The second kappa shape index (κ2) is 7.99. The highest BCUT2D eigenvalue weighted by Gasteiger charge is 2.38. The van der Waals surface area contributed by atoms with Crippen LogP contribution in [-0.2, 0) is 26.2 Å². The molecule has 1 fully saturated rings. The van der Waals surface area contributed by atoms with Crippen LogP contribution in [0.15, 0.2) is 51.1 Å². The monoisotopic (exact) mass is 443 g/mol. The summed E-state index contributed by atoms with van der Waals surface area (Å²) in [6, 6.07) is 9.46. The van der Waals surface area contributed by atoms with Gasteiger partial charge in [-0.1, -0.05) is 22.0 Å². The Balaban J connectivity index is 1.77. The lowest BCUT2D eigenvalue weighted by Gasteiger charge is -2.33. The van der Waals surface area contributed by atoms with E-state index in [1.165, 1.54) is 15.6 Å². The number of carbonyl (C=O) groups excluding carboxylic acids is 1. The predicted octanol–water partition coefficient (Wildman–Crippen LogP) is 3.80. The van der Waals surface area contributed by atoms with E-state index in [1.807, 2.05) is 17.5 Å². The molecular weight excluding hydrogens is 426 g/mol. The first-order chi connectivity index (χ1) is 12.0. The Morgan fingerprint density at radius 3 is 2.68 bits per heavy atom. The zero-order valence-electron chi connectivity index (χ0n) is 13.4. The van der Waals surface area contributed by atoms with Crippen molar-refractivity contribution in [2.45, 2.75) is 36.8 Å². The minimum Gasteiger partial charge on any atom is -0.459 e. The molecule has 1 aliphatic heterocycles. The Labute approximate surface area is 159 Å². The van der Waals surface area contributed by atoms with Crippen LogP contribution in [0.1, 0.15) is 24.1 Å². The second-order valence-corrected chi connectivity index (χ2v) is 9.61. The maximum absolute atomic E-state index is 13.0. The highest BCUT2D eigenvalue weighted by Crippen LogP contribution is 2.27. The molecule has 0 amide bonds. The summed E-state index contributed by atoms with van der Waals surface area (Å²) in [4.78, 5) is 13.6. The van der Waals surface area contributed by atoms with Crippen molar-refractivity contribution in [1.29, 1.82) is 0 Å². The molecule has 1 aromatic carbocycles. The van der Waals surface area contributed by atoms with Crippen molar-refractivity contribution in [2.75, 3.05) is 6.54 Å². The third-order valence-electron chi connectivity index (χ3n) is 4.08. The smallest absolute Gasteiger partial charge is 0.324 e. The van der Waals surface area contributed by atoms with Crippen molar-refractivity contribution in [3.05, 3.63) is 51.1 Å². The van der Waals surface area contributed by atoms with Gasteiger partial charge in [0.05, 0.1) is 4.90 Å². The summed E-state index contributed by atoms with van der Waals surface area (Å²) >= 11 is 4.80. The van der Waals surface area contributed by atoms with Crippen LogP contribution in [0.5, 0.6) is 0 Å². The number of piperidine rings is 1. The molecule has 1 atom stereocenters. The van der Waals surface area contributed by atoms with Gasteiger partial charge < -0.3 is 4.74 Å². The molecule has 8 heteroatoms. The van der Waals surface area contributed by atoms with Crippen LogP contribution in [0.3, 0.4) is 0 Å². The number of benzene rings is 1. The first-order valence-electron chi connectivity index (χ1n) is 7.95. The van der Waals surface area contributed by atoms with Crippen LogP contribution >= 0.6 is 27.3 Å². The van der Waals surface area contributed by atoms with E-state index < -0.39 is 22.0 Å². The van der Waals surface area contributed by atoms with Gasteiger partial charge in [0.2, 0.25) is 10.0 Å². The maximum Gasteiger partial charge on any atom is 0.324 e. The minimum absolute atomic E-state index is 0.180. The van der Waals surface area contributed by atoms with Gasteiger partial charge in [0.25, 0.3) is 0 Å². The molecule has 2 heterocycles. The molecule has 0 aliphatic carbocycles. The predicted molar refractivity (Wildman–Crippen MR) is 99.8 cm³/mol. The Hall–Kier alpha value is -1.22. The average Bonchev–Trinajstić information content (AvgIpc) is 3.13. The Bertz CT molecular complexity index is 819. The van der Waals surface area contributed by atoms with Gasteiger partial charge in [-0.2, -0.15) is 4.31 Å². The van der Waals surface area contributed by atoms with E-state index in [0.29, 0.717) is 13.0 Å². The molecule has 0 radical (unpaired) electrons. The number of thiophene rings is 1. The van der Waals surface area contributed by atoms with Crippen molar-refractivity contribution < 1.29 is 17.9 Å². The van der Waals surface area contributed by atoms with Gasteiger partial charge in [-0.3, -0.25) is 4.79 Å². The Morgan fingerprint density at radius 1 is 1.24 bits per heavy atom. The van der Waals surface area contributed by atoms with E-state index in [4.69, 9.17) is 4.74 Å². The SMILES string of the molecule is O=C(OCc1cccs1)[C@H]1CCCCN1S(=O)(=O)c1ccc(Br)cc1. The van der Waals surface area contributed by atoms with Gasteiger partial charge in [0, 0.05) is 15.9 Å². The molecule has 0 spiro atoms. The highest BCUT2D eigenvalue weighted by molar-refractivity contribution is 9.10. The highest BCUT2D eigenvalue weighted by atomic mass is 79.9. The minimum atomic E-state index is -3.73. The number of rotatable bonds is 5. The molecule has 1 saturated heterocycles. The van der Waals surface area contributed by atoms with E-state index in [2.05, 4.69) is 15.9 Å². The summed E-state index contributed by atoms with van der Waals surface area (Å²) in [5.74, 6) is -0.478. The number of ether oxygens (including phenoxy) is 1. The fourth-order valence-electron chi connectivity index (χ4n) is 2.80. The van der Waals surface area contributed by atoms with Gasteiger partial charge in [-0.15, -0.1) is 11.3 Å². The molecule has 2 aromatic rings. The van der Waals surface area contributed by atoms with Crippen LogP contribution in [0.25, 0.3) is 0 Å². The first kappa shape index (κ1) is 18.6. The van der Waals surface area contributed by atoms with Gasteiger partial charge in [-0.05, 0) is 55.0 Å². The number of sulfonamides is 1. The third-order valence-corrected chi connectivity index (χ3v) is 7.38. The summed E-state index contributed by atoms with van der Waals surface area (Å²) in [6.45, 7) is 0.510. The lowest BCUT2D eigenvalue weighted by molar-refractivity contribution is -0.150. The molecule has 0 saturated carbocycles. The number of hydrogen-bond donors (Lipinski definition) is 0. The molecule has 1 aromatic heterocycles. The van der Waals surface area contributed by atoms with Gasteiger partial charge in [0.15, 0.2) is 0 Å². The first-order valence-corrected chi connectivity index (χ1v) is 11.1. The van der Waals surface area contributed by atoms with Crippen molar-refractivity contribution in [1.82, 2.24) is 4.31 Å². The van der Waals surface area contributed by atoms with Crippen LogP contribution in [-0.4, -0.2) is 31.3 Å². The fourth-order valence-corrected chi connectivity index (χ4v) is 5.33. The molecule has 1 aliphatic rings. The summed E-state index contributed by atoms with van der Waals surface area (Å²) in [5, 5.41) is 1.91. The van der Waals surface area contributed by atoms with Crippen molar-refractivity contribution in [3.8, 4) is 0 Å². The molecule has 25 heavy (non-hydrogen) atoms. The van der Waals surface area contributed by atoms with Crippen molar-refractivity contribution >= 4 is 43.3 Å². The Kier molecular flexibility index (Phi) is 5.93. The van der Waals surface area contributed by atoms with Crippen LogP contribution < -0.4 is 0 Å². The number of nitrogens with zero attached hydrogens (tertiary/aromatic N) is 1. The average molecular weight is 444 g/mol. The van der Waals surface area contributed by atoms with Crippen LogP contribution in [0, 0.1) is 0 Å². The normalized spacial score (nSPS) is 18.8. The maximum atomic E-state index is 13.0. The summed E-state index contributed by atoms with van der Waals surface area (Å²) in [7, 11) is -3.73. The van der Waals surface area contributed by atoms with E-state index in [1.54, 1.807) is 24.3 Å². The lowest BCUT2D eigenvalue weighted by atomic mass is 10.1. The molecule has 5 nitrogen and oxygen atoms in total. The summed E-state index contributed by atoms with van der Waals surface area (Å²) < 4.78 is 33.4. The Morgan fingerprint density at radius 2 is 2.00 bits per heavy atom.